The molecule has 4 nitrogen and oxygen atoms in total. The van der Waals surface area contributed by atoms with Crippen LogP contribution in [0, 0.1) is 0 Å². The van der Waals surface area contributed by atoms with Crippen molar-refractivity contribution < 1.29 is 9.53 Å². The summed E-state index contributed by atoms with van der Waals surface area (Å²) in [5, 5.41) is 6.43. The van der Waals surface area contributed by atoms with Crippen LogP contribution in [0.1, 0.15) is 39.2 Å². The van der Waals surface area contributed by atoms with Gasteiger partial charge in [0.25, 0.3) is 0 Å². The van der Waals surface area contributed by atoms with Crippen molar-refractivity contribution in [1.29, 1.82) is 0 Å². The summed E-state index contributed by atoms with van der Waals surface area (Å²) in [5.41, 5.74) is 2.11. The molecule has 0 aromatic heterocycles. The highest BCUT2D eigenvalue weighted by atomic mass is 35.5. The zero-order valence-corrected chi connectivity index (χ0v) is 17.4. The zero-order valence-electron chi connectivity index (χ0n) is 15.8. The molecule has 2 aromatic rings. The molecule has 144 valence electrons. The first-order chi connectivity index (χ1) is 12.7. The molecule has 0 saturated carbocycles. The molecule has 0 heterocycles. The first-order valence-electron chi connectivity index (χ1n) is 8.84. The fraction of sp³-hybridized carbons (Fsp3) is 0.333. The quantitative estimate of drug-likeness (QED) is 0.506. The van der Waals surface area contributed by atoms with E-state index >= 15 is 0 Å². The Morgan fingerprint density at radius 3 is 2.48 bits per heavy atom. The zero-order chi connectivity index (χ0) is 19.9. The van der Waals surface area contributed by atoms with Crippen LogP contribution in [0.4, 0.5) is 5.69 Å². The molecule has 6 heteroatoms. The summed E-state index contributed by atoms with van der Waals surface area (Å²) in [4.78, 5) is 12.0. The normalized spacial score (nSPS) is 11.0. The first kappa shape index (κ1) is 21.2. The second-order valence-corrected chi connectivity index (χ2v) is 8.08. The third kappa shape index (κ3) is 7.57. The maximum Gasteiger partial charge on any atom is 0.226 e. The van der Waals surface area contributed by atoms with E-state index in [1.165, 1.54) is 5.56 Å². The average molecular weight is 405 g/mol. The first-order valence-corrected chi connectivity index (χ1v) is 9.62. The monoisotopic (exact) mass is 404 g/mol. The van der Waals surface area contributed by atoms with Crippen molar-refractivity contribution in [3.63, 3.8) is 0 Å². The van der Waals surface area contributed by atoms with E-state index in [-0.39, 0.29) is 16.4 Å². The number of ether oxygens (including phenoxy) is 1. The minimum Gasteiger partial charge on any atom is -0.494 e. The van der Waals surface area contributed by atoms with Crippen molar-refractivity contribution in [2.45, 2.75) is 39.0 Å². The average Bonchev–Trinajstić information content (AvgIpc) is 2.58. The van der Waals surface area contributed by atoms with Gasteiger partial charge in [0.1, 0.15) is 5.75 Å². The van der Waals surface area contributed by atoms with Crippen molar-refractivity contribution >= 4 is 40.5 Å². The molecule has 0 spiro atoms. The van der Waals surface area contributed by atoms with Crippen LogP contribution in [0.5, 0.6) is 5.75 Å². The lowest BCUT2D eigenvalue weighted by atomic mass is 9.87. The van der Waals surface area contributed by atoms with Gasteiger partial charge in [-0.05, 0) is 59.9 Å². The number of benzene rings is 2. The molecule has 27 heavy (non-hydrogen) atoms. The molecule has 0 bridgehead atoms. The van der Waals surface area contributed by atoms with Gasteiger partial charge in [-0.15, -0.1) is 0 Å². The van der Waals surface area contributed by atoms with Crippen molar-refractivity contribution in [1.82, 2.24) is 5.32 Å². The molecule has 0 radical (unpaired) electrons. The second kappa shape index (κ2) is 9.72. The third-order valence-corrected chi connectivity index (χ3v) is 4.31. The van der Waals surface area contributed by atoms with Crippen LogP contribution in [0.3, 0.4) is 0 Å². The number of hydrogen-bond donors (Lipinski definition) is 2. The van der Waals surface area contributed by atoms with Gasteiger partial charge in [0.05, 0.1) is 6.61 Å². The van der Waals surface area contributed by atoms with E-state index in [0.29, 0.717) is 24.5 Å². The Balaban J connectivity index is 1.67. The summed E-state index contributed by atoms with van der Waals surface area (Å²) >= 11 is 11.1. The van der Waals surface area contributed by atoms with Gasteiger partial charge >= 0.3 is 0 Å². The smallest absolute Gasteiger partial charge is 0.226 e. The van der Waals surface area contributed by atoms with Gasteiger partial charge < -0.3 is 15.4 Å². The molecule has 0 unspecified atom stereocenters. The number of anilines is 1. The minimum atomic E-state index is -0.152. The highest BCUT2D eigenvalue weighted by Gasteiger charge is 2.13. The molecular formula is C21H25ClN2O2S. The Kier molecular flexibility index (Phi) is 7.63. The maximum absolute atomic E-state index is 12.0. The predicted octanol–water partition coefficient (Wildman–Crippen LogP) is 5.31. The van der Waals surface area contributed by atoms with Crippen LogP contribution in [-0.4, -0.2) is 17.6 Å². The van der Waals surface area contributed by atoms with Crippen LogP contribution in [0.15, 0.2) is 48.5 Å². The van der Waals surface area contributed by atoms with E-state index in [2.05, 4.69) is 43.5 Å². The number of nitrogens with one attached hydrogen (secondary N) is 2. The summed E-state index contributed by atoms with van der Waals surface area (Å²) in [6, 6.07) is 15.2. The number of rotatable bonds is 6. The summed E-state index contributed by atoms with van der Waals surface area (Å²) in [6.07, 6.45) is 0.935. The van der Waals surface area contributed by atoms with E-state index < -0.39 is 0 Å². The molecule has 2 aromatic carbocycles. The number of hydrogen-bond acceptors (Lipinski definition) is 3. The Labute approximate surface area is 171 Å². The van der Waals surface area contributed by atoms with E-state index in [4.69, 9.17) is 28.6 Å². The number of carbonyl (C=O) groups excluding carboxylic acids is 1. The Morgan fingerprint density at radius 1 is 1.15 bits per heavy atom. The van der Waals surface area contributed by atoms with E-state index in [1.54, 1.807) is 18.2 Å². The van der Waals surface area contributed by atoms with E-state index in [0.717, 1.165) is 11.4 Å². The van der Waals surface area contributed by atoms with Gasteiger partial charge in [0.15, 0.2) is 5.11 Å². The van der Waals surface area contributed by atoms with Crippen molar-refractivity contribution in [2.75, 3.05) is 11.9 Å². The lowest BCUT2D eigenvalue weighted by Crippen LogP contribution is -2.34. The van der Waals surface area contributed by atoms with Gasteiger partial charge in [0.2, 0.25) is 5.91 Å². The largest absolute Gasteiger partial charge is 0.494 e. The molecule has 0 saturated heterocycles. The molecule has 0 aliphatic carbocycles. The van der Waals surface area contributed by atoms with Crippen LogP contribution >= 0.6 is 23.8 Å². The van der Waals surface area contributed by atoms with E-state index in [9.17, 15) is 4.79 Å². The van der Waals surface area contributed by atoms with Gasteiger partial charge in [-0.2, -0.15) is 0 Å². The molecule has 0 fully saturated rings. The SMILES string of the molecule is CC(C)(C)c1ccc(OCCCC(=O)NC(=S)Nc2cccc(Cl)c2)cc1. The maximum atomic E-state index is 12.0. The molecule has 0 aliphatic rings. The van der Waals surface area contributed by atoms with Gasteiger partial charge in [0, 0.05) is 17.1 Å². The summed E-state index contributed by atoms with van der Waals surface area (Å²) < 4.78 is 5.69. The van der Waals surface area contributed by atoms with Crippen molar-refractivity contribution in [3.8, 4) is 5.75 Å². The van der Waals surface area contributed by atoms with Gasteiger partial charge in [-0.1, -0.05) is 50.6 Å². The molecule has 1 amide bonds. The number of amides is 1. The third-order valence-electron chi connectivity index (χ3n) is 3.87. The predicted molar refractivity (Wildman–Crippen MR) is 116 cm³/mol. The molecule has 2 N–H and O–H groups in total. The van der Waals surface area contributed by atoms with Crippen LogP contribution < -0.4 is 15.4 Å². The Bertz CT molecular complexity index is 786. The lowest BCUT2D eigenvalue weighted by Gasteiger charge is -2.19. The van der Waals surface area contributed by atoms with Gasteiger partial charge in [-0.3, -0.25) is 4.79 Å². The summed E-state index contributed by atoms with van der Waals surface area (Å²) in [7, 11) is 0. The summed E-state index contributed by atoms with van der Waals surface area (Å²) in [6.45, 7) is 6.99. The topological polar surface area (TPSA) is 50.4 Å². The van der Waals surface area contributed by atoms with E-state index in [1.807, 2.05) is 18.2 Å². The van der Waals surface area contributed by atoms with Crippen LogP contribution in [-0.2, 0) is 10.2 Å². The second-order valence-electron chi connectivity index (χ2n) is 7.24. The standard InChI is InChI=1S/C21H25ClN2O2S/c1-21(2,3)15-9-11-18(12-10-15)26-13-5-8-19(25)24-20(27)23-17-7-4-6-16(22)14-17/h4,6-7,9-12,14H,5,8,13H2,1-3H3,(H2,23,24,25,27). The molecule has 2 rings (SSSR count). The van der Waals surface area contributed by atoms with Gasteiger partial charge in [-0.25, -0.2) is 0 Å². The Morgan fingerprint density at radius 2 is 1.85 bits per heavy atom. The highest BCUT2D eigenvalue weighted by molar-refractivity contribution is 7.80. The fourth-order valence-corrected chi connectivity index (χ4v) is 2.81. The van der Waals surface area contributed by atoms with Crippen molar-refractivity contribution in [3.05, 3.63) is 59.1 Å². The van der Waals surface area contributed by atoms with Crippen LogP contribution in [0.2, 0.25) is 5.02 Å². The molecule has 0 atom stereocenters. The minimum absolute atomic E-state index is 0.119. The van der Waals surface area contributed by atoms with Crippen LogP contribution in [0.25, 0.3) is 0 Å². The number of carbonyl (C=O) groups is 1. The molecule has 0 aliphatic heterocycles. The fourth-order valence-electron chi connectivity index (χ4n) is 2.39. The summed E-state index contributed by atoms with van der Waals surface area (Å²) in [5.74, 6) is 0.655. The number of thiocarbonyl (C=S) groups is 1. The van der Waals surface area contributed by atoms with Crippen molar-refractivity contribution in [2.24, 2.45) is 0 Å². The highest BCUT2D eigenvalue weighted by Crippen LogP contribution is 2.24. The lowest BCUT2D eigenvalue weighted by molar-refractivity contribution is -0.119. The Hall–Kier alpha value is -2.11. The molecular weight excluding hydrogens is 380 g/mol. The number of halogens is 1.